The van der Waals surface area contributed by atoms with Crippen LogP contribution in [0.3, 0.4) is 0 Å². The van der Waals surface area contributed by atoms with E-state index in [-0.39, 0.29) is 23.2 Å². The molecule has 1 aromatic heterocycles. The smallest absolute Gasteiger partial charge is 0.321 e. The molecule has 3 amide bonds. The molecule has 0 radical (unpaired) electrons. The van der Waals surface area contributed by atoms with Crippen LogP contribution in [0.1, 0.15) is 39.0 Å². The van der Waals surface area contributed by atoms with Gasteiger partial charge in [0.15, 0.2) is 4.34 Å². The second-order valence-electron chi connectivity index (χ2n) is 6.01. The fraction of sp³-hybridized carbons (Fsp3) is 0.471. The molecule has 5 nitrogen and oxygen atoms in total. The van der Waals surface area contributed by atoms with Crippen molar-refractivity contribution in [2.75, 3.05) is 0 Å². The molecule has 1 aliphatic carbocycles. The van der Waals surface area contributed by atoms with Gasteiger partial charge in [-0.05, 0) is 31.9 Å². The molecule has 0 aliphatic heterocycles. The normalized spacial score (nSPS) is 16.7. The van der Waals surface area contributed by atoms with Crippen LogP contribution in [0.5, 0.6) is 0 Å². The Morgan fingerprint density at radius 2 is 2.00 bits per heavy atom. The number of amides is 3. The van der Waals surface area contributed by atoms with Gasteiger partial charge in [-0.3, -0.25) is 10.1 Å². The second-order valence-corrected chi connectivity index (χ2v) is 8.62. The van der Waals surface area contributed by atoms with Crippen molar-refractivity contribution in [1.82, 2.24) is 15.6 Å². The van der Waals surface area contributed by atoms with Gasteiger partial charge in [0.25, 0.3) is 0 Å². The number of thioether (sulfide) groups is 1. The lowest BCUT2D eigenvalue weighted by atomic mass is 9.96. The maximum absolute atomic E-state index is 12.2. The van der Waals surface area contributed by atoms with Crippen molar-refractivity contribution in [3.8, 4) is 0 Å². The minimum Gasteiger partial charge on any atom is -0.335 e. The van der Waals surface area contributed by atoms with Crippen molar-refractivity contribution in [1.29, 1.82) is 0 Å². The number of hydrogen-bond donors (Lipinski definition) is 2. The number of urea groups is 1. The lowest BCUT2D eigenvalue weighted by Gasteiger charge is -2.22. The van der Waals surface area contributed by atoms with Gasteiger partial charge in [-0.2, -0.15) is 0 Å². The number of carbonyl (C=O) groups excluding carboxylic acids is 2. The highest BCUT2D eigenvalue weighted by Gasteiger charge is 2.21. The first-order valence-corrected chi connectivity index (χ1v) is 9.95. The van der Waals surface area contributed by atoms with Crippen LogP contribution in [-0.2, 0) is 4.79 Å². The Hall–Kier alpha value is -1.60. The summed E-state index contributed by atoms with van der Waals surface area (Å²) in [6.07, 6.45) is 5.51. The van der Waals surface area contributed by atoms with E-state index < -0.39 is 0 Å². The number of para-hydroxylation sites is 1. The monoisotopic (exact) mass is 363 g/mol. The van der Waals surface area contributed by atoms with Crippen LogP contribution in [0.4, 0.5) is 4.79 Å². The molecule has 1 saturated carbocycles. The number of carbonyl (C=O) groups is 2. The maximum atomic E-state index is 12.2. The van der Waals surface area contributed by atoms with Crippen molar-refractivity contribution in [2.24, 2.45) is 0 Å². The summed E-state index contributed by atoms with van der Waals surface area (Å²) in [5.41, 5.74) is 0.938. The summed E-state index contributed by atoms with van der Waals surface area (Å²) in [7, 11) is 0. The Balaban J connectivity index is 1.51. The Bertz CT molecular complexity index is 692. The quantitative estimate of drug-likeness (QED) is 0.807. The standard InChI is InChI=1S/C17H21N3O2S2/c1-11(23-17-19-13-9-5-6-10-14(13)24-17)15(21)20-16(22)18-12-7-3-2-4-8-12/h5-6,9-12H,2-4,7-8H2,1H3,(H2,18,20,21,22)/t11-/m1/s1. The van der Waals surface area contributed by atoms with Gasteiger partial charge in [-0.1, -0.05) is 43.2 Å². The van der Waals surface area contributed by atoms with Crippen LogP contribution in [-0.4, -0.2) is 28.2 Å². The number of nitrogens with zero attached hydrogens (tertiary/aromatic N) is 1. The average molecular weight is 364 g/mol. The number of rotatable bonds is 4. The number of nitrogens with one attached hydrogen (secondary N) is 2. The molecule has 1 atom stereocenters. The topological polar surface area (TPSA) is 71.1 Å². The summed E-state index contributed by atoms with van der Waals surface area (Å²) < 4.78 is 1.94. The zero-order valence-electron chi connectivity index (χ0n) is 13.6. The van der Waals surface area contributed by atoms with Gasteiger partial charge in [0, 0.05) is 6.04 Å². The molecule has 0 bridgehead atoms. The third-order valence-electron chi connectivity index (χ3n) is 4.10. The van der Waals surface area contributed by atoms with E-state index in [9.17, 15) is 9.59 Å². The predicted octanol–water partition coefficient (Wildman–Crippen LogP) is 3.94. The van der Waals surface area contributed by atoms with Gasteiger partial charge in [-0.15, -0.1) is 11.3 Å². The van der Waals surface area contributed by atoms with E-state index in [1.807, 2.05) is 24.3 Å². The van der Waals surface area contributed by atoms with Crippen LogP contribution in [0.25, 0.3) is 10.2 Å². The Kier molecular flexibility index (Phi) is 5.73. The van der Waals surface area contributed by atoms with Crippen LogP contribution in [0.2, 0.25) is 0 Å². The van der Waals surface area contributed by atoms with Crippen molar-refractivity contribution in [2.45, 2.75) is 54.7 Å². The average Bonchev–Trinajstić information content (AvgIpc) is 2.97. The summed E-state index contributed by atoms with van der Waals surface area (Å²) in [5.74, 6) is -0.285. The molecule has 0 spiro atoms. The maximum Gasteiger partial charge on any atom is 0.321 e. The zero-order valence-corrected chi connectivity index (χ0v) is 15.2. The van der Waals surface area contributed by atoms with E-state index in [0.717, 1.165) is 40.2 Å². The number of benzene rings is 1. The third-order valence-corrected chi connectivity index (χ3v) is 6.33. The molecule has 24 heavy (non-hydrogen) atoms. The summed E-state index contributed by atoms with van der Waals surface area (Å²) in [5, 5.41) is 4.97. The van der Waals surface area contributed by atoms with Gasteiger partial charge in [0.2, 0.25) is 5.91 Å². The van der Waals surface area contributed by atoms with Crippen molar-refractivity contribution in [3.63, 3.8) is 0 Å². The highest BCUT2D eigenvalue weighted by atomic mass is 32.2. The van der Waals surface area contributed by atoms with Crippen LogP contribution >= 0.6 is 23.1 Å². The summed E-state index contributed by atoms with van der Waals surface area (Å²) in [6.45, 7) is 1.79. The Labute approximate surface area is 149 Å². The summed E-state index contributed by atoms with van der Waals surface area (Å²) >= 11 is 2.94. The lowest BCUT2D eigenvalue weighted by Crippen LogP contribution is -2.47. The Morgan fingerprint density at radius 3 is 2.75 bits per heavy atom. The molecule has 0 saturated heterocycles. The minimum atomic E-state index is -0.386. The van der Waals surface area contributed by atoms with Crippen LogP contribution in [0.15, 0.2) is 28.6 Å². The first-order valence-electron chi connectivity index (χ1n) is 8.25. The second kappa shape index (κ2) is 7.98. The van der Waals surface area contributed by atoms with Crippen LogP contribution < -0.4 is 10.6 Å². The molecule has 7 heteroatoms. The van der Waals surface area contributed by atoms with E-state index in [2.05, 4.69) is 15.6 Å². The van der Waals surface area contributed by atoms with Crippen LogP contribution in [0, 0.1) is 0 Å². The number of fused-ring (bicyclic) bond motifs is 1. The molecule has 1 fully saturated rings. The molecular weight excluding hydrogens is 342 g/mol. The van der Waals surface area contributed by atoms with E-state index in [1.165, 1.54) is 18.2 Å². The fourth-order valence-electron chi connectivity index (χ4n) is 2.79. The summed E-state index contributed by atoms with van der Waals surface area (Å²) in [4.78, 5) is 28.7. The van der Waals surface area contributed by atoms with Crippen molar-refractivity contribution in [3.05, 3.63) is 24.3 Å². The van der Waals surface area contributed by atoms with Gasteiger partial charge in [0.1, 0.15) is 0 Å². The SMILES string of the molecule is C[C@@H](Sc1nc2ccccc2s1)C(=O)NC(=O)NC1CCCCC1. The minimum absolute atomic E-state index is 0.193. The number of imide groups is 1. The first kappa shape index (κ1) is 17.2. The lowest BCUT2D eigenvalue weighted by molar-refractivity contribution is -0.119. The predicted molar refractivity (Wildman–Crippen MR) is 98.5 cm³/mol. The fourth-order valence-corrected chi connectivity index (χ4v) is 5.00. The molecule has 0 unspecified atom stereocenters. The summed E-state index contributed by atoms with van der Waals surface area (Å²) in [6, 6.07) is 7.70. The van der Waals surface area contributed by atoms with Gasteiger partial charge < -0.3 is 5.32 Å². The van der Waals surface area contributed by atoms with Crippen molar-refractivity contribution < 1.29 is 9.59 Å². The largest absolute Gasteiger partial charge is 0.335 e. The van der Waals surface area contributed by atoms with E-state index in [1.54, 1.807) is 18.3 Å². The molecular formula is C17H21N3O2S2. The molecule has 128 valence electrons. The molecule has 3 rings (SSSR count). The molecule has 1 aromatic carbocycles. The van der Waals surface area contributed by atoms with E-state index >= 15 is 0 Å². The third kappa shape index (κ3) is 4.48. The molecule has 2 N–H and O–H groups in total. The highest BCUT2D eigenvalue weighted by molar-refractivity contribution is 8.02. The van der Waals surface area contributed by atoms with Gasteiger partial charge >= 0.3 is 6.03 Å². The molecule has 1 heterocycles. The van der Waals surface area contributed by atoms with Gasteiger partial charge in [-0.25, -0.2) is 9.78 Å². The number of hydrogen-bond acceptors (Lipinski definition) is 5. The van der Waals surface area contributed by atoms with Crippen molar-refractivity contribution >= 4 is 45.3 Å². The van der Waals surface area contributed by atoms with E-state index in [4.69, 9.17) is 0 Å². The zero-order chi connectivity index (χ0) is 16.9. The highest BCUT2D eigenvalue weighted by Crippen LogP contribution is 2.31. The molecule has 1 aliphatic rings. The Morgan fingerprint density at radius 1 is 1.25 bits per heavy atom. The number of thiazole rings is 1. The molecule has 2 aromatic rings. The van der Waals surface area contributed by atoms with Gasteiger partial charge in [0.05, 0.1) is 15.5 Å². The number of aromatic nitrogens is 1. The first-order chi connectivity index (χ1) is 11.6. The van der Waals surface area contributed by atoms with E-state index in [0.29, 0.717) is 0 Å².